The molecule has 1 aliphatic carbocycles. The number of hydrogen-bond donors (Lipinski definition) is 1. The molecule has 88 valence electrons. The zero-order valence-electron chi connectivity index (χ0n) is 10.8. The quantitative estimate of drug-likeness (QED) is 0.666. The van der Waals surface area contributed by atoms with E-state index in [2.05, 4.69) is 18.9 Å². The van der Waals surface area contributed by atoms with E-state index in [1.54, 1.807) is 0 Å². The largest absolute Gasteiger partial charge is 0.402 e. The monoisotopic (exact) mass is 210 g/mol. The molecule has 0 saturated carbocycles. The van der Waals surface area contributed by atoms with Crippen molar-refractivity contribution >= 4 is 0 Å². The number of likely N-dealkylation sites (tertiary alicyclic amines) is 1. The Kier molecular flexibility index (Phi) is 4.21. The van der Waals surface area contributed by atoms with Crippen LogP contribution in [0.3, 0.4) is 0 Å². The first-order valence-corrected chi connectivity index (χ1v) is 6.28. The van der Waals surface area contributed by atoms with Gasteiger partial charge < -0.3 is 10.6 Å². The fourth-order valence-electron chi connectivity index (χ4n) is 2.92. The highest BCUT2D eigenvalue weighted by Crippen LogP contribution is 2.44. The standard InChI is InChI=1S/C11H20N2.C2H6/c1-9-4-3-5-11(10(9)12)6-7-13(2)8-11;1-2/h3-8,12H2,1-2H3;1-2H3. The Morgan fingerprint density at radius 3 is 2.47 bits per heavy atom. The summed E-state index contributed by atoms with van der Waals surface area (Å²) in [5, 5.41) is 0. The predicted octanol–water partition coefficient (Wildman–Crippen LogP) is 2.75. The molecular weight excluding hydrogens is 184 g/mol. The minimum atomic E-state index is 0.358. The average Bonchev–Trinajstić information content (AvgIpc) is 2.61. The van der Waals surface area contributed by atoms with E-state index in [4.69, 9.17) is 5.73 Å². The van der Waals surface area contributed by atoms with E-state index in [0.717, 1.165) is 0 Å². The minimum Gasteiger partial charge on any atom is -0.402 e. The van der Waals surface area contributed by atoms with Crippen molar-refractivity contribution in [2.24, 2.45) is 11.1 Å². The van der Waals surface area contributed by atoms with E-state index in [1.807, 2.05) is 13.8 Å². The number of nitrogens with zero attached hydrogens (tertiary/aromatic N) is 1. The maximum atomic E-state index is 6.23. The highest BCUT2D eigenvalue weighted by molar-refractivity contribution is 5.23. The van der Waals surface area contributed by atoms with Gasteiger partial charge in [-0.05, 0) is 46.2 Å². The van der Waals surface area contributed by atoms with Crippen molar-refractivity contribution in [3.63, 3.8) is 0 Å². The topological polar surface area (TPSA) is 29.3 Å². The molecule has 0 amide bonds. The molecular formula is C13H26N2. The van der Waals surface area contributed by atoms with E-state index in [-0.39, 0.29) is 0 Å². The number of nitrogens with two attached hydrogens (primary N) is 1. The molecule has 0 bridgehead atoms. The highest BCUT2D eigenvalue weighted by atomic mass is 15.1. The summed E-state index contributed by atoms with van der Waals surface area (Å²) in [6.07, 6.45) is 5.13. The van der Waals surface area contributed by atoms with Crippen LogP contribution >= 0.6 is 0 Å². The van der Waals surface area contributed by atoms with Crippen molar-refractivity contribution < 1.29 is 0 Å². The van der Waals surface area contributed by atoms with Crippen LogP contribution in [0.2, 0.25) is 0 Å². The second-order valence-electron chi connectivity index (χ2n) is 4.82. The first-order valence-electron chi connectivity index (χ1n) is 6.28. The number of allylic oxidation sites excluding steroid dienone is 1. The van der Waals surface area contributed by atoms with Crippen LogP contribution in [0.1, 0.15) is 46.5 Å². The van der Waals surface area contributed by atoms with Crippen molar-refractivity contribution in [2.45, 2.75) is 46.5 Å². The van der Waals surface area contributed by atoms with Gasteiger partial charge in [-0.15, -0.1) is 0 Å². The molecule has 1 heterocycles. The van der Waals surface area contributed by atoms with Gasteiger partial charge in [0.15, 0.2) is 0 Å². The molecule has 1 spiro atoms. The smallest absolute Gasteiger partial charge is 0.0237 e. The molecule has 2 aliphatic rings. The third kappa shape index (κ3) is 2.36. The van der Waals surface area contributed by atoms with Crippen LogP contribution in [0.25, 0.3) is 0 Å². The van der Waals surface area contributed by atoms with Crippen molar-refractivity contribution in [3.05, 3.63) is 11.3 Å². The van der Waals surface area contributed by atoms with E-state index in [0.29, 0.717) is 5.41 Å². The molecule has 2 heteroatoms. The molecule has 2 N–H and O–H groups in total. The first-order chi connectivity index (χ1) is 7.14. The Hall–Kier alpha value is -0.500. The Balaban J connectivity index is 0.000000531. The summed E-state index contributed by atoms with van der Waals surface area (Å²) < 4.78 is 0. The summed E-state index contributed by atoms with van der Waals surface area (Å²) in [5.74, 6) is 0. The number of hydrogen-bond acceptors (Lipinski definition) is 2. The van der Waals surface area contributed by atoms with E-state index in [9.17, 15) is 0 Å². The third-order valence-corrected chi connectivity index (χ3v) is 3.78. The Morgan fingerprint density at radius 2 is 1.93 bits per heavy atom. The maximum Gasteiger partial charge on any atom is 0.0237 e. The molecule has 15 heavy (non-hydrogen) atoms. The molecule has 1 atom stereocenters. The third-order valence-electron chi connectivity index (χ3n) is 3.78. The molecule has 2 rings (SSSR count). The van der Waals surface area contributed by atoms with Crippen molar-refractivity contribution in [1.82, 2.24) is 4.90 Å². The number of rotatable bonds is 0. The van der Waals surface area contributed by atoms with Crippen molar-refractivity contribution in [2.75, 3.05) is 20.1 Å². The summed E-state index contributed by atoms with van der Waals surface area (Å²) in [7, 11) is 2.20. The van der Waals surface area contributed by atoms with Gasteiger partial charge in [0.1, 0.15) is 0 Å². The van der Waals surface area contributed by atoms with Gasteiger partial charge in [0.25, 0.3) is 0 Å². The molecule has 1 saturated heterocycles. The van der Waals surface area contributed by atoms with E-state index < -0.39 is 0 Å². The summed E-state index contributed by atoms with van der Waals surface area (Å²) in [5.41, 5.74) is 9.25. The Morgan fingerprint density at radius 1 is 1.27 bits per heavy atom. The zero-order chi connectivity index (χ0) is 11.5. The molecule has 0 aromatic heterocycles. The second kappa shape index (κ2) is 5.02. The lowest BCUT2D eigenvalue weighted by Crippen LogP contribution is -2.34. The summed E-state index contributed by atoms with van der Waals surface area (Å²) in [6, 6.07) is 0. The minimum absolute atomic E-state index is 0.358. The van der Waals surface area contributed by atoms with Gasteiger partial charge in [-0.25, -0.2) is 0 Å². The maximum absolute atomic E-state index is 6.23. The van der Waals surface area contributed by atoms with Gasteiger partial charge in [0, 0.05) is 17.7 Å². The normalized spacial score (nSPS) is 31.7. The van der Waals surface area contributed by atoms with Crippen LogP contribution in [-0.4, -0.2) is 25.0 Å². The molecule has 1 fully saturated rings. The predicted molar refractivity (Wildman–Crippen MR) is 66.6 cm³/mol. The molecule has 0 aromatic carbocycles. The average molecular weight is 210 g/mol. The van der Waals surface area contributed by atoms with Gasteiger partial charge in [-0.1, -0.05) is 19.4 Å². The van der Waals surface area contributed by atoms with Gasteiger partial charge in [-0.2, -0.15) is 0 Å². The van der Waals surface area contributed by atoms with Crippen LogP contribution < -0.4 is 5.73 Å². The SMILES string of the molecule is CC.CC1=C(N)C2(CCC1)CCN(C)C2. The van der Waals surface area contributed by atoms with Gasteiger partial charge in [-0.3, -0.25) is 0 Å². The molecule has 0 radical (unpaired) electrons. The lowest BCUT2D eigenvalue weighted by Gasteiger charge is -2.35. The van der Waals surface area contributed by atoms with Gasteiger partial charge >= 0.3 is 0 Å². The van der Waals surface area contributed by atoms with Crippen LogP contribution in [-0.2, 0) is 0 Å². The lowest BCUT2D eigenvalue weighted by molar-refractivity contribution is 0.286. The first kappa shape index (κ1) is 12.6. The van der Waals surface area contributed by atoms with Crippen molar-refractivity contribution in [1.29, 1.82) is 0 Å². The second-order valence-corrected chi connectivity index (χ2v) is 4.82. The Labute approximate surface area is 94.5 Å². The van der Waals surface area contributed by atoms with Gasteiger partial charge in [0.2, 0.25) is 0 Å². The summed E-state index contributed by atoms with van der Waals surface area (Å²) in [4.78, 5) is 2.41. The zero-order valence-corrected chi connectivity index (χ0v) is 10.8. The van der Waals surface area contributed by atoms with Crippen LogP contribution in [0.15, 0.2) is 11.3 Å². The molecule has 1 aliphatic heterocycles. The lowest BCUT2D eigenvalue weighted by atomic mass is 9.73. The van der Waals surface area contributed by atoms with E-state index in [1.165, 1.54) is 50.0 Å². The van der Waals surface area contributed by atoms with Crippen LogP contribution in [0.5, 0.6) is 0 Å². The highest BCUT2D eigenvalue weighted by Gasteiger charge is 2.40. The molecule has 0 aromatic rings. The summed E-state index contributed by atoms with van der Waals surface area (Å²) >= 11 is 0. The molecule has 2 nitrogen and oxygen atoms in total. The molecule has 1 unspecified atom stereocenters. The fraction of sp³-hybridized carbons (Fsp3) is 0.846. The van der Waals surface area contributed by atoms with Gasteiger partial charge in [0.05, 0.1) is 0 Å². The summed E-state index contributed by atoms with van der Waals surface area (Å²) in [6.45, 7) is 8.60. The Bertz CT molecular complexity index is 245. The van der Waals surface area contributed by atoms with Crippen LogP contribution in [0, 0.1) is 5.41 Å². The van der Waals surface area contributed by atoms with Crippen LogP contribution in [0.4, 0.5) is 0 Å². The fourth-order valence-corrected chi connectivity index (χ4v) is 2.92. The van der Waals surface area contributed by atoms with Crippen molar-refractivity contribution in [3.8, 4) is 0 Å². The van der Waals surface area contributed by atoms with E-state index >= 15 is 0 Å².